The van der Waals surface area contributed by atoms with E-state index in [1.54, 1.807) is 24.3 Å². The van der Waals surface area contributed by atoms with Gasteiger partial charge in [-0.25, -0.2) is 4.57 Å². The van der Waals surface area contributed by atoms with Crippen molar-refractivity contribution in [2.45, 2.75) is 70.0 Å². The van der Waals surface area contributed by atoms with E-state index in [4.69, 9.17) is 11.5 Å². The minimum atomic E-state index is -0.936. The minimum Gasteiger partial charge on any atom is -0.399 e. The van der Waals surface area contributed by atoms with E-state index < -0.39 is 35.8 Å². The Bertz CT molecular complexity index is 1130. The van der Waals surface area contributed by atoms with Crippen molar-refractivity contribution in [2.75, 3.05) is 5.73 Å². The van der Waals surface area contributed by atoms with Gasteiger partial charge in [0, 0.05) is 37.1 Å². The Balaban J connectivity index is 1.78. The molecule has 38 heavy (non-hydrogen) atoms. The highest BCUT2D eigenvalue weighted by molar-refractivity contribution is 5.94. The topological polar surface area (TPSA) is 160 Å². The van der Waals surface area contributed by atoms with E-state index in [2.05, 4.69) is 16.0 Å². The third-order valence-electron chi connectivity index (χ3n) is 6.92. The standard InChI is InChI=1S/C28H38N6O4/c1-18(35)31-24(15-19-10-12-22(29)13-11-19)27(37)33-25(21-8-4-3-5-9-21)28(38)32-23(26(30)36)16-20-7-6-14-34(2)17-20/h6-7,10-14,17,21,23-25H,3-5,8-9,15-16,29H2,1-2H3,(H4-,30,31,32,33,35,36,37,38)/p+1/t23-,24+,25-/m0/s1. The summed E-state index contributed by atoms with van der Waals surface area (Å²) in [5.41, 5.74) is 13.7. The molecular weight excluding hydrogens is 484 g/mol. The fraction of sp³-hybridized carbons (Fsp3) is 0.464. The van der Waals surface area contributed by atoms with Gasteiger partial charge in [0.15, 0.2) is 12.4 Å². The molecule has 0 aliphatic heterocycles. The zero-order valence-electron chi connectivity index (χ0n) is 22.1. The zero-order chi connectivity index (χ0) is 27.7. The Morgan fingerprint density at radius 3 is 2.16 bits per heavy atom. The van der Waals surface area contributed by atoms with E-state index in [0.29, 0.717) is 5.69 Å². The average Bonchev–Trinajstić information content (AvgIpc) is 2.87. The van der Waals surface area contributed by atoms with Crippen LogP contribution in [-0.4, -0.2) is 41.8 Å². The van der Waals surface area contributed by atoms with Gasteiger partial charge >= 0.3 is 0 Å². The van der Waals surface area contributed by atoms with Gasteiger partial charge < -0.3 is 27.4 Å². The number of aromatic nitrogens is 1. The predicted octanol–water partition coefficient (Wildman–Crippen LogP) is 0.418. The molecule has 1 aliphatic carbocycles. The number of hydrogen-bond acceptors (Lipinski definition) is 5. The third kappa shape index (κ3) is 8.57. The largest absolute Gasteiger partial charge is 0.399 e. The first-order valence-corrected chi connectivity index (χ1v) is 13.1. The predicted molar refractivity (Wildman–Crippen MR) is 143 cm³/mol. The molecule has 1 fully saturated rings. The van der Waals surface area contributed by atoms with Crippen molar-refractivity contribution < 1.29 is 23.7 Å². The number of anilines is 1. The highest BCUT2D eigenvalue weighted by atomic mass is 16.2. The smallest absolute Gasteiger partial charge is 0.243 e. The molecule has 1 heterocycles. The summed E-state index contributed by atoms with van der Waals surface area (Å²) in [6.07, 6.45) is 8.71. The number of benzene rings is 1. The van der Waals surface area contributed by atoms with E-state index in [9.17, 15) is 19.2 Å². The van der Waals surface area contributed by atoms with Crippen molar-refractivity contribution in [2.24, 2.45) is 18.7 Å². The molecule has 0 saturated heterocycles. The fourth-order valence-corrected chi connectivity index (χ4v) is 4.95. The molecule has 1 aliphatic rings. The van der Waals surface area contributed by atoms with Crippen LogP contribution in [0.25, 0.3) is 0 Å². The van der Waals surface area contributed by atoms with E-state index in [-0.39, 0.29) is 24.7 Å². The van der Waals surface area contributed by atoms with Crippen LogP contribution in [0.3, 0.4) is 0 Å². The van der Waals surface area contributed by atoms with Gasteiger partial charge in [-0.2, -0.15) is 0 Å². The molecular formula is C28H39N6O4+. The van der Waals surface area contributed by atoms with Crippen molar-refractivity contribution in [1.82, 2.24) is 16.0 Å². The van der Waals surface area contributed by atoms with Gasteiger partial charge in [0.05, 0.1) is 0 Å². The number of amides is 4. The monoisotopic (exact) mass is 523 g/mol. The summed E-state index contributed by atoms with van der Waals surface area (Å²) in [7, 11) is 1.87. The normalized spacial score (nSPS) is 16.1. The number of carbonyl (C=O) groups is 4. The van der Waals surface area contributed by atoms with E-state index in [1.165, 1.54) is 6.92 Å². The van der Waals surface area contributed by atoms with E-state index in [1.807, 2.05) is 36.1 Å². The van der Waals surface area contributed by atoms with E-state index >= 15 is 0 Å². The first-order valence-electron chi connectivity index (χ1n) is 13.1. The molecule has 1 aromatic carbocycles. The maximum Gasteiger partial charge on any atom is 0.243 e. The van der Waals surface area contributed by atoms with Crippen molar-refractivity contribution >= 4 is 29.3 Å². The number of pyridine rings is 1. The lowest BCUT2D eigenvalue weighted by molar-refractivity contribution is -0.671. The second-order valence-electron chi connectivity index (χ2n) is 10.1. The van der Waals surface area contributed by atoms with Crippen LogP contribution in [-0.2, 0) is 39.1 Å². The summed E-state index contributed by atoms with van der Waals surface area (Å²) in [5, 5.41) is 8.37. The second-order valence-corrected chi connectivity index (χ2v) is 10.1. The van der Waals surface area contributed by atoms with Crippen LogP contribution < -0.4 is 32.0 Å². The third-order valence-corrected chi connectivity index (χ3v) is 6.92. The molecule has 7 N–H and O–H groups in total. The summed E-state index contributed by atoms with van der Waals surface area (Å²) in [5.74, 6) is -2.02. The molecule has 0 bridgehead atoms. The Kier molecular flexibility index (Phi) is 10.2. The number of primary amides is 1. The SMILES string of the molecule is CC(=O)N[C@H](Cc1ccc(N)cc1)C(=O)N[C@H](C(=O)N[C@@H](Cc1ccc[n+](C)c1)C(N)=O)C1CCCCC1. The molecule has 1 aromatic heterocycles. The van der Waals surface area contributed by atoms with Gasteiger partial charge in [0.25, 0.3) is 0 Å². The van der Waals surface area contributed by atoms with Crippen molar-refractivity contribution in [3.05, 3.63) is 59.9 Å². The number of rotatable bonds is 11. The number of nitrogens with one attached hydrogen (secondary N) is 3. The lowest BCUT2D eigenvalue weighted by Crippen LogP contribution is -2.59. The number of aryl methyl sites for hydroxylation is 1. The summed E-state index contributed by atoms with van der Waals surface area (Å²) in [4.78, 5) is 51.1. The van der Waals surface area contributed by atoms with Crippen LogP contribution in [0.15, 0.2) is 48.8 Å². The lowest BCUT2D eigenvalue weighted by Gasteiger charge is -2.32. The Morgan fingerprint density at radius 1 is 0.895 bits per heavy atom. The molecule has 4 amide bonds. The van der Waals surface area contributed by atoms with Gasteiger partial charge in [0.2, 0.25) is 23.6 Å². The molecule has 0 radical (unpaired) electrons. The van der Waals surface area contributed by atoms with Gasteiger partial charge in [-0.15, -0.1) is 0 Å². The van der Waals surface area contributed by atoms with Crippen LogP contribution in [0.5, 0.6) is 0 Å². The maximum absolute atomic E-state index is 13.6. The molecule has 0 unspecified atom stereocenters. The molecule has 10 heteroatoms. The molecule has 10 nitrogen and oxygen atoms in total. The fourth-order valence-electron chi connectivity index (χ4n) is 4.95. The molecule has 1 saturated carbocycles. The Hall–Kier alpha value is -3.95. The lowest BCUT2D eigenvalue weighted by atomic mass is 9.83. The van der Waals surface area contributed by atoms with Gasteiger partial charge in [0.1, 0.15) is 25.2 Å². The van der Waals surface area contributed by atoms with Crippen LogP contribution in [0, 0.1) is 5.92 Å². The Morgan fingerprint density at radius 2 is 1.55 bits per heavy atom. The zero-order valence-corrected chi connectivity index (χ0v) is 22.1. The number of carbonyl (C=O) groups excluding carboxylic acids is 4. The average molecular weight is 524 g/mol. The molecule has 3 atom stereocenters. The maximum atomic E-state index is 13.6. The highest BCUT2D eigenvalue weighted by Gasteiger charge is 2.35. The summed E-state index contributed by atoms with van der Waals surface area (Å²) in [6.45, 7) is 1.34. The number of hydrogen-bond donors (Lipinski definition) is 5. The summed E-state index contributed by atoms with van der Waals surface area (Å²) >= 11 is 0. The quantitative estimate of drug-likeness (QED) is 0.213. The van der Waals surface area contributed by atoms with Gasteiger partial charge in [-0.05, 0) is 42.5 Å². The van der Waals surface area contributed by atoms with Crippen molar-refractivity contribution in [1.29, 1.82) is 0 Å². The van der Waals surface area contributed by atoms with Crippen molar-refractivity contribution in [3.63, 3.8) is 0 Å². The highest BCUT2D eigenvalue weighted by Crippen LogP contribution is 2.27. The van der Waals surface area contributed by atoms with Crippen LogP contribution in [0.4, 0.5) is 5.69 Å². The molecule has 0 spiro atoms. The van der Waals surface area contributed by atoms with Gasteiger partial charge in [-0.1, -0.05) is 31.4 Å². The molecule has 3 rings (SSSR count). The molecule has 204 valence electrons. The first-order chi connectivity index (χ1) is 18.1. The summed E-state index contributed by atoms with van der Waals surface area (Å²) in [6, 6.07) is 8.08. The first kappa shape index (κ1) is 28.6. The minimum absolute atomic E-state index is 0.0924. The van der Waals surface area contributed by atoms with Gasteiger partial charge in [-0.3, -0.25) is 19.2 Å². The second kappa shape index (κ2) is 13.6. The summed E-state index contributed by atoms with van der Waals surface area (Å²) < 4.78 is 1.85. The Labute approximate surface area is 223 Å². The number of nitrogens with zero attached hydrogens (tertiary/aromatic N) is 1. The molecule has 2 aromatic rings. The van der Waals surface area contributed by atoms with Crippen LogP contribution in [0.1, 0.15) is 50.2 Å². The van der Waals surface area contributed by atoms with Crippen LogP contribution in [0.2, 0.25) is 0 Å². The van der Waals surface area contributed by atoms with Crippen LogP contribution >= 0.6 is 0 Å². The van der Waals surface area contributed by atoms with Crippen molar-refractivity contribution in [3.8, 4) is 0 Å². The number of nitrogen functional groups attached to an aromatic ring is 1. The number of nitrogens with two attached hydrogens (primary N) is 2. The van der Waals surface area contributed by atoms with E-state index in [0.717, 1.165) is 43.2 Å².